The number of alkyl halides is 1. The van der Waals surface area contributed by atoms with Crippen molar-refractivity contribution in [2.24, 2.45) is 16.5 Å². The average molecular weight is 269 g/mol. The predicted octanol–water partition coefficient (Wildman–Crippen LogP) is -0.439. The van der Waals surface area contributed by atoms with Gasteiger partial charge < -0.3 is 16.4 Å². The second-order valence-corrected chi connectivity index (χ2v) is 2.70. The molecule has 0 unspecified atom stereocenters. The summed E-state index contributed by atoms with van der Waals surface area (Å²) in [6.07, 6.45) is 0. The molecule has 5 N–H and O–H groups in total. The lowest BCUT2D eigenvalue weighted by Crippen LogP contribution is -2.33. The highest BCUT2D eigenvalue weighted by molar-refractivity contribution is 14.1. The van der Waals surface area contributed by atoms with Gasteiger partial charge in [0, 0.05) is 7.05 Å². The van der Waals surface area contributed by atoms with E-state index in [1.54, 1.807) is 4.90 Å². The number of guanidine groups is 1. The summed E-state index contributed by atoms with van der Waals surface area (Å²) >= 11 is 2.17. The highest BCUT2D eigenvalue weighted by Gasteiger charge is 1.97. The molecule has 0 atom stereocenters. The van der Waals surface area contributed by atoms with E-state index >= 15 is 0 Å². The molecule has 6 heteroatoms. The third-order valence-corrected chi connectivity index (χ3v) is 2.01. The number of nitrogens with one attached hydrogen (secondary N) is 1. The molecule has 64 valence electrons. The summed E-state index contributed by atoms with van der Waals surface area (Å²) in [5.41, 5.74) is 10.6. The lowest BCUT2D eigenvalue weighted by atomic mass is 10.6. The van der Waals surface area contributed by atoms with Gasteiger partial charge >= 0.3 is 0 Å². The molecule has 0 aliphatic heterocycles. The molecule has 0 saturated heterocycles. The zero-order valence-corrected chi connectivity index (χ0v) is 8.50. The first-order valence-corrected chi connectivity index (χ1v) is 4.50. The van der Waals surface area contributed by atoms with Crippen molar-refractivity contribution < 1.29 is 0 Å². The zero-order valence-electron chi connectivity index (χ0n) is 6.34. The monoisotopic (exact) mass is 269 g/mol. The van der Waals surface area contributed by atoms with Gasteiger partial charge in [0.15, 0.2) is 5.96 Å². The lowest BCUT2D eigenvalue weighted by molar-refractivity contribution is 0.601. The van der Waals surface area contributed by atoms with E-state index in [1.807, 2.05) is 7.05 Å². The van der Waals surface area contributed by atoms with E-state index in [-0.39, 0.29) is 12.4 Å². The fraction of sp³-hybridized carbons (Fsp3) is 0.600. The normalized spacial score (nSPS) is 11.3. The predicted molar refractivity (Wildman–Crippen MR) is 55.1 cm³/mol. The quantitative estimate of drug-likeness (QED) is 0.213. The van der Waals surface area contributed by atoms with Gasteiger partial charge in [0.05, 0.1) is 11.1 Å². The van der Waals surface area contributed by atoms with Crippen molar-refractivity contribution in [3.05, 3.63) is 0 Å². The molecule has 0 saturated carbocycles. The van der Waals surface area contributed by atoms with Crippen LogP contribution in [-0.2, 0) is 0 Å². The fourth-order valence-corrected chi connectivity index (χ4v) is 0.698. The second kappa shape index (κ2) is 5.16. The van der Waals surface area contributed by atoms with Gasteiger partial charge in [-0.15, -0.1) is 0 Å². The van der Waals surface area contributed by atoms with Crippen LogP contribution in [0, 0.1) is 5.41 Å². The van der Waals surface area contributed by atoms with Gasteiger partial charge in [-0.25, -0.2) is 4.99 Å². The van der Waals surface area contributed by atoms with E-state index in [1.165, 1.54) is 0 Å². The molecule has 0 bridgehead atoms. The SMILES string of the molecule is CN(CI)C(N)=NCC(=N)N. The summed E-state index contributed by atoms with van der Waals surface area (Å²) < 4.78 is 0.769. The van der Waals surface area contributed by atoms with Crippen molar-refractivity contribution in [2.45, 2.75) is 0 Å². The first kappa shape index (κ1) is 10.5. The molecule has 5 nitrogen and oxygen atoms in total. The maximum absolute atomic E-state index is 6.88. The Balaban J connectivity index is 3.89. The number of amidine groups is 1. The molecule has 0 radical (unpaired) electrons. The molecule has 0 aromatic heterocycles. The van der Waals surface area contributed by atoms with Gasteiger partial charge in [0.2, 0.25) is 0 Å². The summed E-state index contributed by atoms with van der Waals surface area (Å²) in [5, 5.41) is 6.88. The molecular weight excluding hydrogens is 257 g/mol. The highest BCUT2D eigenvalue weighted by Crippen LogP contribution is 1.88. The minimum atomic E-state index is 0.0230. The van der Waals surface area contributed by atoms with E-state index in [0.29, 0.717) is 5.96 Å². The van der Waals surface area contributed by atoms with Crippen molar-refractivity contribution in [2.75, 3.05) is 18.1 Å². The van der Waals surface area contributed by atoms with Crippen LogP contribution in [0.1, 0.15) is 0 Å². The van der Waals surface area contributed by atoms with Crippen LogP contribution < -0.4 is 11.5 Å². The van der Waals surface area contributed by atoms with Crippen LogP contribution in [-0.4, -0.2) is 34.8 Å². The maximum atomic E-state index is 6.88. The molecule has 0 spiro atoms. The summed E-state index contributed by atoms with van der Waals surface area (Å²) in [6.45, 7) is 0.173. The van der Waals surface area contributed by atoms with Gasteiger partial charge in [0.25, 0.3) is 0 Å². The largest absolute Gasteiger partial charge is 0.386 e. The molecule has 0 amide bonds. The van der Waals surface area contributed by atoms with E-state index in [4.69, 9.17) is 16.9 Å². The minimum absolute atomic E-state index is 0.0230. The van der Waals surface area contributed by atoms with E-state index in [2.05, 4.69) is 27.6 Å². The van der Waals surface area contributed by atoms with Gasteiger partial charge in [-0.1, -0.05) is 22.6 Å². The highest BCUT2D eigenvalue weighted by atomic mass is 127. The number of aliphatic imine (C=N–C) groups is 1. The molecule has 0 fully saturated rings. The minimum Gasteiger partial charge on any atom is -0.386 e. The van der Waals surface area contributed by atoms with Gasteiger partial charge in [-0.3, -0.25) is 5.41 Å². The topological polar surface area (TPSA) is 91.5 Å². The number of hydrogen-bond acceptors (Lipinski definition) is 2. The molecule has 0 aromatic rings. The van der Waals surface area contributed by atoms with Crippen molar-refractivity contribution in [3.63, 3.8) is 0 Å². The van der Waals surface area contributed by atoms with Crippen LogP contribution in [0.3, 0.4) is 0 Å². The standard InChI is InChI=1S/C5H12IN5/c1-11(3-6)5(9)10-2-4(7)8/h2-3H2,1H3,(H3,7,8)(H2,9,10). The fourth-order valence-electron chi connectivity index (χ4n) is 0.348. The maximum Gasteiger partial charge on any atom is 0.192 e. The Kier molecular flexibility index (Phi) is 4.92. The van der Waals surface area contributed by atoms with Crippen LogP contribution in [0.5, 0.6) is 0 Å². The Hall–Kier alpha value is -0.530. The van der Waals surface area contributed by atoms with Crippen LogP contribution in [0.2, 0.25) is 0 Å². The number of hydrogen-bond donors (Lipinski definition) is 3. The Morgan fingerprint density at radius 1 is 1.64 bits per heavy atom. The Bertz CT molecular complexity index is 166. The molecule has 0 heterocycles. The number of nitrogens with zero attached hydrogens (tertiary/aromatic N) is 2. The number of halogens is 1. The Labute approximate surface area is 79.5 Å². The van der Waals surface area contributed by atoms with Gasteiger partial charge in [0.1, 0.15) is 5.84 Å². The van der Waals surface area contributed by atoms with Crippen LogP contribution in [0.25, 0.3) is 0 Å². The molecule has 0 aromatic carbocycles. The zero-order chi connectivity index (χ0) is 8.85. The molecule has 0 aliphatic carbocycles. The molecule has 0 aliphatic rings. The Morgan fingerprint density at radius 2 is 2.18 bits per heavy atom. The van der Waals surface area contributed by atoms with E-state index < -0.39 is 0 Å². The van der Waals surface area contributed by atoms with E-state index in [0.717, 1.165) is 4.55 Å². The number of nitrogens with two attached hydrogens (primary N) is 2. The second-order valence-electron chi connectivity index (χ2n) is 2.02. The van der Waals surface area contributed by atoms with Crippen molar-refractivity contribution in [3.8, 4) is 0 Å². The van der Waals surface area contributed by atoms with Gasteiger partial charge in [-0.2, -0.15) is 0 Å². The Morgan fingerprint density at radius 3 is 2.55 bits per heavy atom. The lowest BCUT2D eigenvalue weighted by Gasteiger charge is -2.13. The summed E-state index contributed by atoms with van der Waals surface area (Å²) in [4.78, 5) is 5.63. The molecular formula is C5H12IN5. The summed E-state index contributed by atoms with van der Waals surface area (Å²) in [6, 6.07) is 0. The first-order chi connectivity index (χ1) is 5.07. The first-order valence-electron chi connectivity index (χ1n) is 2.98. The van der Waals surface area contributed by atoms with Crippen molar-refractivity contribution in [1.29, 1.82) is 5.41 Å². The smallest absolute Gasteiger partial charge is 0.192 e. The summed E-state index contributed by atoms with van der Waals surface area (Å²) in [5.74, 6) is 0.435. The summed E-state index contributed by atoms with van der Waals surface area (Å²) in [7, 11) is 1.82. The van der Waals surface area contributed by atoms with Crippen LogP contribution >= 0.6 is 22.6 Å². The molecule has 0 rings (SSSR count). The van der Waals surface area contributed by atoms with Crippen molar-refractivity contribution in [1.82, 2.24) is 4.90 Å². The molecule has 11 heavy (non-hydrogen) atoms. The third-order valence-electron chi connectivity index (χ3n) is 0.982. The van der Waals surface area contributed by atoms with Crippen molar-refractivity contribution >= 4 is 34.4 Å². The number of rotatable bonds is 3. The van der Waals surface area contributed by atoms with Gasteiger partial charge in [-0.05, 0) is 0 Å². The van der Waals surface area contributed by atoms with E-state index in [9.17, 15) is 0 Å². The third kappa shape index (κ3) is 4.82. The average Bonchev–Trinajstić information content (AvgIpc) is 1.98. The van der Waals surface area contributed by atoms with Crippen LogP contribution in [0.4, 0.5) is 0 Å². The van der Waals surface area contributed by atoms with Crippen LogP contribution in [0.15, 0.2) is 4.99 Å².